The number of hydroxylamine groups is 2. The molecule has 1 aliphatic heterocycles. The van der Waals surface area contributed by atoms with E-state index in [0.29, 0.717) is 22.3 Å². The van der Waals surface area contributed by atoms with E-state index < -0.39 is 35.5 Å². The van der Waals surface area contributed by atoms with Crippen molar-refractivity contribution in [1.82, 2.24) is 5.06 Å². The largest absolute Gasteiger partial charge is 0.504 e. The second-order valence-corrected chi connectivity index (χ2v) is 8.65. The molecule has 4 aliphatic rings. The number of fused-ring (bicyclic) bond motifs is 3. The monoisotopic (exact) mass is 435 g/mol. The van der Waals surface area contributed by atoms with Gasteiger partial charge >= 0.3 is 0 Å². The van der Waals surface area contributed by atoms with Crippen molar-refractivity contribution in [2.45, 2.75) is 25.7 Å². The fourth-order valence-corrected chi connectivity index (χ4v) is 5.61. The van der Waals surface area contributed by atoms with Crippen molar-refractivity contribution in [2.75, 3.05) is 7.11 Å². The first-order valence-electron chi connectivity index (χ1n) is 10.4. The molecule has 8 heteroatoms. The van der Waals surface area contributed by atoms with Crippen LogP contribution in [0, 0.1) is 17.8 Å². The number of nitrogens with zero attached hydrogens (tertiary/aromatic N) is 1. The van der Waals surface area contributed by atoms with Gasteiger partial charge in [-0.1, -0.05) is 17.7 Å². The van der Waals surface area contributed by atoms with Crippen LogP contribution in [0.25, 0.3) is 0 Å². The number of amides is 2. The van der Waals surface area contributed by atoms with Crippen LogP contribution in [0.5, 0.6) is 11.5 Å². The first kappa shape index (κ1) is 20.4. The summed E-state index contributed by atoms with van der Waals surface area (Å²) in [6, 6.07) is 4.79. The zero-order chi connectivity index (χ0) is 22.9. The lowest BCUT2D eigenvalue weighted by Crippen LogP contribution is -2.39. The third-order valence-corrected chi connectivity index (χ3v) is 7.08. The molecule has 8 nitrogen and oxygen atoms in total. The Balaban J connectivity index is 1.71. The van der Waals surface area contributed by atoms with E-state index >= 15 is 0 Å². The van der Waals surface area contributed by atoms with E-state index in [1.54, 1.807) is 19.1 Å². The number of aromatic hydroxyl groups is 1. The Morgan fingerprint density at radius 2 is 1.84 bits per heavy atom. The van der Waals surface area contributed by atoms with Gasteiger partial charge in [0.1, 0.15) is 0 Å². The van der Waals surface area contributed by atoms with E-state index in [0.717, 1.165) is 5.57 Å². The van der Waals surface area contributed by atoms with Gasteiger partial charge in [0, 0.05) is 22.6 Å². The molecule has 164 valence electrons. The minimum Gasteiger partial charge on any atom is -0.504 e. The summed E-state index contributed by atoms with van der Waals surface area (Å²) >= 11 is 0. The number of methoxy groups -OCH3 is 1. The summed E-state index contributed by atoms with van der Waals surface area (Å²) < 4.78 is 5.13. The normalized spacial score (nSPS) is 29.4. The summed E-state index contributed by atoms with van der Waals surface area (Å²) in [5.41, 5.74) is 2.33. The number of benzene rings is 1. The fourth-order valence-electron chi connectivity index (χ4n) is 5.61. The van der Waals surface area contributed by atoms with Crippen LogP contribution in [0.3, 0.4) is 0 Å². The summed E-state index contributed by atoms with van der Waals surface area (Å²) in [4.78, 5) is 51.2. The highest BCUT2D eigenvalue weighted by Crippen LogP contribution is 2.55. The van der Waals surface area contributed by atoms with Crippen molar-refractivity contribution in [3.05, 3.63) is 58.2 Å². The van der Waals surface area contributed by atoms with Gasteiger partial charge in [0.15, 0.2) is 23.1 Å². The number of ether oxygens (including phenoxy) is 1. The summed E-state index contributed by atoms with van der Waals surface area (Å²) in [5.74, 6) is -4.38. The Bertz CT molecular complexity index is 1200. The molecule has 0 aromatic heterocycles. The van der Waals surface area contributed by atoms with Crippen LogP contribution in [0.4, 0.5) is 0 Å². The van der Waals surface area contributed by atoms with Crippen molar-refractivity contribution in [1.29, 1.82) is 0 Å². The highest BCUT2D eigenvalue weighted by molar-refractivity contribution is 6.23. The molecule has 0 saturated carbocycles. The van der Waals surface area contributed by atoms with Gasteiger partial charge < -0.3 is 9.84 Å². The van der Waals surface area contributed by atoms with Crippen molar-refractivity contribution >= 4 is 23.4 Å². The molecular formula is C24H21NO7. The number of phenolic OH excluding ortho intramolecular Hbond substituents is 1. The van der Waals surface area contributed by atoms with Gasteiger partial charge in [0.05, 0.1) is 18.9 Å². The highest BCUT2D eigenvalue weighted by Gasteiger charge is 2.56. The molecule has 1 aromatic carbocycles. The zero-order valence-electron chi connectivity index (χ0n) is 17.5. The van der Waals surface area contributed by atoms with Crippen molar-refractivity contribution in [2.24, 2.45) is 17.8 Å². The number of allylic oxidation sites excluding steroid dienone is 6. The molecule has 5 rings (SSSR count). The van der Waals surface area contributed by atoms with Crippen LogP contribution in [-0.2, 0) is 19.2 Å². The fraction of sp³-hybridized carbons (Fsp3) is 0.333. The van der Waals surface area contributed by atoms with Crippen LogP contribution in [0.15, 0.2) is 52.6 Å². The Morgan fingerprint density at radius 3 is 2.53 bits per heavy atom. The minimum atomic E-state index is -0.800. The standard InChI is InChI=1S/C24H21NO7/c1-10-7-16(26)15-9-14-12(4-5-13-20(14)24(30)25(31)23(13)29)19(21(15)22(10)28)11-3-6-18(32-2)17(27)8-11/h3-4,6-8,13-14,19-20,27,31H,5,9H2,1-2H3. The zero-order valence-corrected chi connectivity index (χ0v) is 17.5. The van der Waals surface area contributed by atoms with E-state index in [9.17, 15) is 29.5 Å². The topological polar surface area (TPSA) is 121 Å². The maximum atomic E-state index is 13.2. The van der Waals surface area contributed by atoms with Gasteiger partial charge in [0.25, 0.3) is 11.8 Å². The van der Waals surface area contributed by atoms with Gasteiger partial charge in [-0.05, 0) is 49.5 Å². The number of carbonyl (C=O) groups is 4. The van der Waals surface area contributed by atoms with E-state index in [4.69, 9.17) is 4.74 Å². The molecule has 2 amide bonds. The molecule has 32 heavy (non-hydrogen) atoms. The maximum Gasteiger partial charge on any atom is 0.257 e. The third kappa shape index (κ3) is 2.65. The molecule has 1 heterocycles. The number of imide groups is 1. The SMILES string of the molecule is COc1ccc(C2C3=CCC4C(=O)N(O)C(=O)C4C3CC3=C2C(=O)C(C)=CC3=O)cc1O. The summed E-state index contributed by atoms with van der Waals surface area (Å²) in [6.07, 6.45) is 3.54. The van der Waals surface area contributed by atoms with Crippen LogP contribution in [-0.4, -0.2) is 45.9 Å². The molecule has 1 aromatic rings. The molecule has 0 spiro atoms. The summed E-state index contributed by atoms with van der Waals surface area (Å²) in [7, 11) is 1.43. The van der Waals surface area contributed by atoms with Crippen molar-refractivity contribution < 1.29 is 34.2 Å². The number of hydrogen-bond acceptors (Lipinski definition) is 7. The third-order valence-electron chi connectivity index (χ3n) is 7.08. The molecule has 4 atom stereocenters. The minimum absolute atomic E-state index is 0.112. The molecule has 0 radical (unpaired) electrons. The van der Waals surface area contributed by atoms with Crippen LogP contribution >= 0.6 is 0 Å². The smallest absolute Gasteiger partial charge is 0.257 e. The average molecular weight is 435 g/mol. The number of rotatable bonds is 2. The maximum absolute atomic E-state index is 13.2. The van der Waals surface area contributed by atoms with E-state index in [1.165, 1.54) is 19.3 Å². The van der Waals surface area contributed by atoms with Crippen molar-refractivity contribution in [3.63, 3.8) is 0 Å². The molecule has 1 fully saturated rings. The predicted molar refractivity (Wildman–Crippen MR) is 110 cm³/mol. The van der Waals surface area contributed by atoms with Gasteiger partial charge in [0.2, 0.25) is 0 Å². The van der Waals surface area contributed by atoms with E-state index in [1.807, 2.05) is 6.08 Å². The predicted octanol–water partition coefficient (Wildman–Crippen LogP) is 2.22. The number of Topliss-reactive ketones (excluding diaryl/α,β-unsaturated/α-hetero) is 1. The average Bonchev–Trinajstić information content (AvgIpc) is 3.00. The number of phenols is 1. The highest BCUT2D eigenvalue weighted by atomic mass is 16.5. The van der Waals surface area contributed by atoms with Crippen LogP contribution in [0.1, 0.15) is 31.2 Å². The first-order valence-corrected chi connectivity index (χ1v) is 10.4. The second-order valence-electron chi connectivity index (χ2n) is 8.65. The molecule has 2 N–H and O–H groups in total. The molecule has 3 aliphatic carbocycles. The molecular weight excluding hydrogens is 414 g/mol. The summed E-state index contributed by atoms with van der Waals surface area (Å²) in [6.45, 7) is 1.59. The lowest BCUT2D eigenvalue weighted by atomic mass is 9.59. The number of carbonyl (C=O) groups excluding carboxylic acids is 4. The van der Waals surface area contributed by atoms with Gasteiger partial charge in [-0.15, -0.1) is 0 Å². The Hall–Kier alpha value is -3.52. The van der Waals surface area contributed by atoms with Crippen LogP contribution in [0.2, 0.25) is 0 Å². The molecule has 4 unspecified atom stereocenters. The molecule has 0 bridgehead atoms. The quantitative estimate of drug-likeness (QED) is 0.316. The van der Waals surface area contributed by atoms with Gasteiger partial charge in [-0.3, -0.25) is 24.4 Å². The summed E-state index contributed by atoms with van der Waals surface area (Å²) in [5, 5.41) is 20.5. The Morgan fingerprint density at radius 1 is 1.09 bits per heavy atom. The van der Waals surface area contributed by atoms with E-state index in [-0.39, 0.29) is 41.0 Å². The Labute approximate surface area is 183 Å². The molecule has 1 saturated heterocycles. The second kappa shape index (κ2) is 7.00. The number of ketones is 2. The first-order chi connectivity index (χ1) is 15.2. The lowest BCUT2D eigenvalue weighted by molar-refractivity contribution is -0.173. The lowest BCUT2D eigenvalue weighted by Gasteiger charge is -2.42. The van der Waals surface area contributed by atoms with Crippen molar-refractivity contribution in [3.8, 4) is 11.5 Å². The van der Waals surface area contributed by atoms with E-state index in [2.05, 4.69) is 0 Å². The Kier molecular flexibility index (Phi) is 4.46. The number of hydrogen-bond donors (Lipinski definition) is 2. The van der Waals surface area contributed by atoms with Gasteiger partial charge in [-0.2, -0.15) is 5.06 Å². The van der Waals surface area contributed by atoms with Gasteiger partial charge in [-0.25, -0.2) is 0 Å². The van der Waals surface area contributed by atoms with Crippen LogP contribution < -0.4 is 4.74 Å².